The van der Waals surface area contributed by atoms with Gasteiger partial charge >= 0.3 is 0 Å². The summed E-state index contributed by atoms with van der Waals surface area (Å²) in [7, 11) is 0. The topological polar surface area (TPSA) is 60.2 Å². The van der Waals surface area contributed by atoms with Gasteiger partial charge in [0.2, 0.25) is 0 Å². The van der Waals surface area contributed by atoms with E-state index in [4.69, 9.17) is 4.74 Å². The number of aromatic nitrogens is 3. The Kier molecular flexibility index (Phi) is 5.36. The Morgan fingerprint density at radius 3 is 2.79 bits per heavy atom. The molecule has 1 aliphatic heterocycles. The van der Waals surface area contributed by atoms with E-state index in [1.54, 1.807) is 0 Å². The van der Waals surface area contributed by atoms with Gasteiger partial charge in [0.05, 0.1) is 0 Å². The van der Waals surface area contributed by atoms with Crippen LogP contribution in [0.4, 0.5) is 0 Å². The van der Waals surface area contributed by atoms with E-state index < -0.39 is 0 Å². The molecule has 1 amide bonds. The average Bonchev–Trinajstić information content (AvgIpc) is 3.25. The number of aryl methyl sites for hydroxylation is 2. The molecule has 2 aliphatic rings. The van der Waals surface area contributed by atoms with Crippen molar-refractivity contribution in [2.24, 2.45) is 11.3 Å². The molecule has 4 rings (SSSR count). The first-order chi connectivity index (χ1) is 13.9. The van der Waals surface area contributed by atoms with Crippen molar-refractivity contribution in [3.8, 4) is 5.75 Å². The minimum atomic E-state index is 0.0645. The standard InChI is InChI=1S/C23H32N4O2/c1-16(2)11-27-15-24-25-22(27)19-12-26(14-23(19)8-5-9-23)21(28)13-29-20-10-17(3)6-7-18(20)4/h6-7,10,15-16,19H,5,8-9,11-14H2,1-4H3. The van der Waals surface area contributed by atoms with Crippen LogP contribution in [0.25, 0.3) is 0 Å². The van der Waals surface area contributed by atoms with Crippen LogP contribution in [0.3, 0.4) is 0 Å². The van der Waals surface area contributed by atoms with Crippen LogP contribution in [-0.2, 0) is 11.3 Å². The third-order valence-corrected chi connectivity index (χ3v) is 6.56. The number of likely N-dealkylation sites (tertiary alicyclic amines) is 1. The molecule has 1 aliphatic carbocycles. The van der Waals surface area contributed by atoms with Gasteiger partial charge in [-0.25, -0.2) is 0 Å². The quantitative estimate of drug-likeness (QED) is 0.747. The maximum atomic E-state index is 13.0. The molecule has 6 nitrogen and oxygen atoms in total. The van der Waals surface area contributed by atoms with Gasteiger partial charge < -0.3 is 14.2 Å². The highest BCUT2D eigenvalue weighted by atomic mass is 16.5. The SMILES string of the molecule is Cc1ccc(C)c(OCC(=O)N2CC(c3nncn3CC(C)C)C3(CCC3)C2)c1. The number of hydrogen-bond acceptors (Lipinski definition) is 4. The first-order valence-corrected chi connectivity index (χ1v) is 10.7. The maximum absolute atomic E-state index is 13.0. The van der Waals surface area contributed by atoms with Crippen LogP contribution >= 0.6 is 0 Å². The highest BCUT2D eigenvalue weighted by Gasteiger charge is 2.53. The molecule has 1 aromatic carbocycles. The van der Waals surface area contributed by atoms with Gasteiger partial charge in [0.15, 0.2) is 6.61 Å². The van der Waals surface area contributed by atoms with Gasteiger partial charge in [-0.05, 0) is 55.2 Å². The average molecular weight is 397 g/mol. The molecule has 2 heterocycles. The smallest absolute Gasteiger partial charge is 0.260 e. The Hall–Kier alpha value is -2.37. The molecule has 2 aromatic rings. The molecule has 29 heavy (non-hydrogen) atoms. The van der Waals surface area contributed by atoms with Gasteiger partial charge in [-0.1, -0.05) is 32.4 Å². The largest absolute Gasteiger partial charge is 0.483 e. The summed E-state index contributed by atoms with van der Waals surface area (Å²) < 4.78 is 8.08. The van der Waals surface area contributed by atoms with Crippen molar-refractivity contribution < 1.29 is 9.53 Å². The van der Waals surface area contributed by atoms with Crippen LogP contribution in [-0.4, -0.2) is 45.3 Å². The second kappa shape index (κ2) is 7.81. The number of benzene rings is 1. The molecule has 1 aromatic heterocycles. The predicted octanol–water partition coefficient (Wildman–Crippen LogP) is 3.73. The van der Waals surface area contributed by atoms with Gasteiger partial charge in [-0.3, -0.25) is 4.79 Å². The van der Waals surface area contributed by atoms with Crippen LogP contribution in [0.5, 0.6) is 5.75 Å². The Balaban J connectivity index is 1.47. The Morgan fingerprint density at radius 2 is 2.10 bits per heavy atom. The van der Waals surface area contributed by atoms with E-state index in [1.165, 1.54) is 6.42 Å². The lowest BCUT2D eigenvalue weighted by atomic mass is 9.62. The summed E-state index contributed by atoms with van der Waals surface area (Å²) in [6, 6.07) is 6.09. The molecular formula is C23H32N4O2. The van der Waals surface area contributed by atoms with Crippen molar-refractivity contribution in [2.45, 2.75) is 59.4 Å². The molecule has 0 radical (unpaired) electrons. The molecule has 0 N–H and O–H groups in total. The van der Waals surface area contributed by atoms with E-state index in [0.29, 0.717) is 12.5 Å². The summed E-state index contributed by atoms with van der Waals surface area (Å²) >= 11 is 0. The van der Waals surface area contributed by atoms with Crippen molar-refractivity contribution in [3.05, 3.63) is 41.5 Å². The zero-order valence-corrected chi connectivity index (χ0v) is 18.0. The maximum Gasteiger partial charge on any atom is 0.260 e. The molecule has 1 saturated heterocycles. The van der Waals surface area contributed by atoms with E-state index >= 15 is 0 Å². The third kappa shape index (κ3) is 3.89. The summed E-state index contributed by atoms with van der Waals surface area (Å²) in [6.07, 6.45) is 5.40. The van der Waals surface area contributed by atoms with Crippen LogP contribution < -0.4 is 4.74 Å². The second-order valence-corrected chi connectivity index (χ2v) is 9.34. The lowest BCUT2D eigenvalue weighted by molar-refractivity contribution is -0.133. The zero-order valence-electron chi connectivity index (χ0n) is 18.0. The molecule has 1 atom stereocenters. The summed E-state index contributed by atoms with van der Waals surface area (Å²) in [5.41, 5.74) is 2.36. The summed E-state index contributed by atoms with van der Waals surface area (Å²) in [6.45, 7) is 11.0. The number of carbonyl (C=O) groups is 1. The highest BCUT2D eigenvalue weighted by molar-refractivity contribution is 5.78. The summed E-state index contributed by atoms with van der Waals surface area (Å²) in [5, 5.41) is 8.67. The van der Waals surface area contributed by atoms with Gasteiger partial charge in [0, 0.05) is 25.6 Å². The molecule has 1 unspecified atom stereocenters. The minimum Gasteiger partial charge on any atom is -0.483 e. The van der Waals surface area contributed by atoms with E-state index in [-0.39, 0.29) is 23.8 Å². The third-order valence-electron chi connectivity index (χ3n) is 6.56. The number of carbonyl (C=O) groups excluding carboxylic acids is 1. The number of amides is 1. The van der Waals surface area contributed by atoms with Gasteiger partial charge in [-0.2, -0.15) is 0 Å². The molecule has 6 heteroatoms. The summed E-state index contributed by atoms with van der Waals surface area (Å²) in [4.78, 5) is 15.0. The fourth-order valence-corrected chi connectivity index (χ4v) is 4.81. The van der Waals surface area contributed by atoms with Crippen molar-refractivity contribution in [2.75, 3.05) is 19.7 Å². The van der Waals surface area contributed by atoms with E-state index in [2.05, 4.69) is 34.7 Å². The van der Waals surface area contributed by atoms with E-state index in [1.807, 2.05) is 37.2 Å². The lowest BCUT2D eigenvalue weighted by Gasteiger charge is -2.42. The second-order valence-electron chi connectivity index (χ2n) is 9.34. The number of rotatable bonds is 6. The predicted molar refractivity (Wildman–Crippen MR) is 112 cm³/mol. The van der Waals surface area contributed by atoms with Crippen molar-refractivity contribution >= 4 is 5.91 Å². The fourth-order valence-electron chi connectivity index (χ4n) is 4.81. The molecule has 2 fully saturated rings. The number of nitrogens with zero attached hydrogens (tertiary/aromatic N) is 4. The molecular weight excluding hydrogens is 364 g/mol. The Labute approximate surface area is 173 Å². The van der Waals surface area contributed by atoms with Crippen molar-refractivity contribution in [1.82, 2.24) is 19.7 Å². The fraction of sp³-hybridized carbons (Fsp3) is 0.609. The van der Waals surface area contributed by atoms with Crippen LogP contribution in [0.2, 0.25) is 0 Å². The summed E-state index contributed by atoms with van der Waals surface area (Å²) in [5.74, 6) is 2.71. The van der Waals surface area contributed by atoms with Crippen molar-refractivity contribution in [1.29, 1.82) is 0 Å². The first kappa shape index (κ1) is 19.9. The Morgan fingerprint density at radius 1 is 1.31 bits per heavy atom. The van der Waals surface area contributed by atoms with Crippen LogP contribution in [0.15, 0.2) is 24.5 Å². The van der Waals surface area contributed by atoms with E-state index in [9.17, 15) is 4.79 Å². The van der Waals surface area contributed by atoms with Gasteiger partial charge in [-0.15, -0.1) is 10.2 Å². The minimum absolute atomic E-state index is 0.0645. The van der Waals surface area contributed by atoms with Gasteiger partial charge in [0.1, 0.15) is 17.9 Å². The van der Waals surface area contributed by atoms with Crippen LogP contribution in [0.1, 0.15) is 56.0 Å². The lowest BCUT2D eigenvalue weighted by Crippen LogP contribution is -2.39. The first-order valence-electron chi connectivity index (χ1n) is 10.7. The number of hydrogen-bond donors (Lipinski definition) is 0. The van der Waals surface area contributed by atoms with Crippen molar-refractivity contribution in [3.63, 3.8) is 0 Å². The molecule has 156 valence electrons. The van der Waals surface area contributed by atoms with E-state index in [0.717, 1.165) is 48.6 Å². The number of ether oxygens (including phenoxy) is 1. The van der Waals surface area contributed by atoms with Gasteiger partial charge in [0.25, 0.3) is 5.91 Å². The zero-order chi connectivity index (χ0) is 20.6. The van der Waals surface area contributed by atoms with Crippen LogP contribution in [0, 0.1) is 25.2 Å². The Bertz CT molecular complexity index is 885. The highest BCUT2D eigenvalue weighted by Crippen LogP contribution is 2.55. The normalized spacial score (nSPS) is 20.3. The molecule has 0 bridgehead atoms. The monoisotopic (exact) mass is 396 g/mol. The molecule has 1 saturated carbocycles. The molecule has 1 spiro atoms.